The highest BCUT2D eigenvalue weighted by atomic mass is 16.5. The minimum absolute atomic E-state index is 0.0785. The Morgan fingerprint density at radius 2 is 2.56 bits per heavy atom. The van der Waals surface area contributed by atoms with Crippen LogP contribution in [0.5, 0.6) is 0 Å². The lowest BCUT2D eigenvalue weighted by molar-refractivity contribution is -0.139. The zero-order valence-electron chi connectivity index (χ0n) is 4.65. The van der Waals surface area contributed by atoms with E-state index < -0.39 is 5.97 Å². The van der Waals surface area contributed by atoms with Crippen LogP contribution in [0, 0.1) is 0 Å². The second kappa shape index (κ2) is 4.96. The standard InChI is InChI=1S/C4H6N2O3/c5-6-3-4(8)9-2-1-7/h3,7H,1-2H2. The number of aliphatic hydroxyl groups is 1. The molecule has 0 aromatic heterocycles. The monoisotopic (exact) mass is 130 g/mol. The minimum Gasteiger partial charge on any atom is -0.455 e. The van der Waals surface area contributed by atoms with Crippen molar-refractivity contribution in [3.8, 4) is 0 Å². The Balaban J connectivity index is 3.39. The molecule has 5 nitrogen and oxygen atoms in total. The number of aliphatic hydroxyl groups excluding tert-OH is 1. The average Bonchev–Trinajstić information content (AvgIpc) is 1.85. The van der Waals surface area contributed by atoms with Crippen molar-refractivity contribution in [3.05, 3.63) is 5.53 Å². The first-order valence-corrected chi connectivity index (χ1v) is 2.26. The molecule has 50 valence electrons. The molecule has 0 aliphatic carbocycles. The van der Waals surface area contributed by atoms with E-state index in [1.165, 1.54) is 0 Å². The second-order valence-corrected chi connectivity index (χ2v) is 1.14. The number of hydrogen-bond donors (Lipinski definition) is 1. The van der Waals surface area contributed by atoms with Crippen LogP contribution in [0.3, 0.4) is 0 Å². The second-order valence-electron chi connectivity index (χ2n) is 1.14. The molecule has 0 atom stereocenters. The predicted octanol–water partition coefficient (Wildman–Crippen LogP) is -1.18. The Morgan fingerprint density at radius 3 is 3.00 bits per heavy atom. The van der Waals surface area contributed by atoms with Crippen LogP contribution >= 0.6 is 0 Å². The van der Waals surface area contributed by atoms with E-state index in [4.69, 9.17) is 10.6 Å². The van der Waals surface area contributed by atoms with Gasteiger partial charge in [0.2, 0.25) is 0 Å². The molecule has 0 saturated carbocycles. The summed E-state index contributed by atoms with van der Waals surface area (Å²) in [7, 11) is 0. The van der Waals surface area contributed by atoms with Gasteiger partial charge in [-0.1, -0.05) is 0 Å². The van der Waals surface area contributed by atoms with Crippen LogP contribution < -0.4 is 0 Å². The number of carbonyl (C=O) groups is 1. The van der Waals surface area contributed by atoms with Crippen molar-refractivity contribution in [1.29, 1.82) is 0 Å². The number of carbonyl (C=O) groups excluding carboxylic acids is 1. The molecule has 0 spiro atoms. The van der Waals surface area contributed by atoms with Crippen LogP contribution in [-0.4, -0.2) is 35.3 Å². The van der Waals surface area contributed by atoms with Gasteiger partial charge in [0.25, 0.3) is 0 Å². The van der Waals surface area contributed by atoms with Gasteiger partial charge in [0.05, 0.1) is 6.61 Å². The fourth-order valence-corrected chi connectivity index (χ4v) is 0.231. The van der Waals surface area contributed by atoms with Gasteiger partial charge in [0.1, 0.15) is 6.61 Å². The highest BCUT2D eigenvalue weighted by Gasteiger charge is 1.99. The molecule has 0 radical (unpaired) electrons. The molecule has 0 aromatic rings. The summed E-state index contributed by atoms with van der Waals surface area (Å²) in [6.07, 6.45) is 0.607. The van der Waals surface area contributed by atoms with E-state index in [1.807, 2.05) is 0 Å². The minimum atomic E-state index is -0.772. The van der Waals surface area contributed by atoms with Crippen molar-refractivity contribution in [1.82, 2.24) is 0 Å². The lowest BCUT2D eigenvalue weighted by Gasteiger charge is -1.91. The highest BCUT2D eigenvalue weighted by Crippen LogP contribution is 1.70. The normalized spacial score (nSPS) is 7.67. The van der Waals surface area contributed by atoms with Gasteiger partial charge >= 0.3 is 12.2 Å². The maximum atomic E-state index is 10.2. The van der Waals surface area contributed by atoms with Gasteiger partial charge in [0.15, 0.2) is 0 Å². The fraction of sp³-hybridized carbons (Fsp3) is 0.500. The van der Waals surface area contributed by atoms with Crippen molar-refractivity contribution >= 4 is 12.2 Å². The van der Waals surface area contributed by atoms with Gasteiger partial charge in [-0.05, 0) is 0 Å². The van der Waals surface area contributed by atoms with Gasteiger partial charge in [-0.3, -0.25) is 0 Å². The fourth-order valence-electron chi connectivity index (χ4n) is 0.231. The Hall–Kier alpha value is -1.19. The molecule has 0 rings (SSSR count). The molecule has 0 aromatic carbocycles. The molecular formula is C4H6N2O3. The lowest BCUT2D eigenvalue weighted by Crippen LogP contribution is -2.09. The van der Waals surface area contributed by atoms with E-state index in [0.717, 1.165) is 0 Å². The Bertz CT molecular complexity index is 139. The van der Waals surface area contributed by atoms with E-state index in [-0.39, 0.29) is 13.2 Å². The third kappa shape index (κ3) is 4.67. The van der Waals surface area contributed by atoms with Crippen LogP contribution in [0.25, 0.3) is 5.53 Å². The topological polar surface area (TPSA) is 82.9 Å². The van der Waals surface area contributed by atoms with Gasteiger partial charge in [0, 0.05) is 0 Å². The summed E-state index contributed by atoms with van der Waals surface area (Å²) in [5, 5.41) is 8.10. The van der Waals surface area contributed by atoms with Gasteiger partial charge in [-0.2, -0.15) is 4.79 Å². The zero-order valence-corrected chi connectivity index (χ0v) is 4.65. The van der Waals surface area contributed by atoms with Crippen LogP contribution in [0.1, 0.15) is 0 Å². The third-order valence-corrected chi connectivity index (χ3v) is 0.499. The quantitative estimate of drug-likeness (QED) is 0.226. The first-order chi connectivity index (χ1) is 4.31. The molecule has 0 aliphatic heterocycles. The Labute approximate surface area is 51.5 Å². The van der Waals surface area contributed by atoms with E-state index in [1.54, 1.807) is 0 Å². The predicted molar refractivity (Wildman–Crippen MR) is 27.7 cm³/mol. The summed E-state index contributed by atoms with van der Waals surface area (Å²) in [5.41, 5.74) is 7.74. The van der Waals surface area contributed by atoms with Crippen molar-refractivity contribution in [2.45, 2.75) is 0 Å². The van der Waals surface area contributed by atoms with E-state index in [2.05, 4.69) is 9.53 Å². The van der Waals surface area contributed by atoms with Crippen LogP contribution in [0.2, 0.25) is 0 Å². The molecule has 1 N–H and O–H groups in total. The summed E-state index contributed by atoms with van der Waals surface area (Å²) in [5.74, 6) is -0.772. The Morgan fingerprint density at radius 1 is 1.89 bits per heavy atom. The molecule has 5 heteroatoms. The number of rotatable bonds is 3. The smallest absolute Gasteiger partial charge is 0.413 e. The molecule has 0 heterocycles. The van der Waals surface area contributed by atoms with Gasteiger partial charge in [-0.15, -0.1) is 0 Å². The van der Waals surface area contributed by atoms with Crippen LogP contribution in [0.15, 0.2) is 0 Å². The molecule has 9 heavy (non-hydrogen) atoms. The number of ether oxygens (including phenoxy) is 1. The van der Waals surface area contributed by atoms with Gasteiger partial charge < -0.3 is 15.4 Å². The number of nitrogens with zero attached hydrogens (tertiary/aromatic N) is 2. The first kappa shape index (κ1) is 7.81. The maximum Gasteiger partial charge on any atom is 0.413 e. The number of hydrogen-bond acceptors (Lipinski definition) is 3. The molecule has 0 saturated heterocycles. The summed E-state index contributed by atoms with van der Waals surface area (Å²) >= 11 is 0. The van der Waals surface area contributed by atoms with Gasteiger partial charge in [-0.25, -0.2) is 4.79 Å². The van der Waals surface area contributed by atoms with Crippen molar-refractivity contribution in [2.24, 2.45) is 0 Å². The van der Waals surface area contributed by atoms with Crippen molar-refractivity contribution < 1.29 is 19.4 Å². The average molecular weight is 130 g/mol. The summed E-state index contributed by atoms with van der Waals surface area (Å²) in [6.45, 7) is -0.310. The molecule has 0 bridgehead atoms. The molecule has 0 unspecified atom stereocenters. The SMILES string of the molecule is [N-]=[N+]=CC(=O)OCCO. The van der Waals surface area contributed by atoms with Crippen LogP contribution in [-0.2, 0) is 9.53 Å². The van der Waals surface area contributed by atoms with E-state index in [0.29, 0.717) is 6.21 Å². The zero-order chi connectivity index (χ0) is 7.11. The molecule has 0 amide bonds. The van der Waals surface area contributed by atoms with Crippen LogP contribution in [0.4, 0.5) is 0 Å². The van der Waals surface area contributed by atoms with Crippen molar-refractivity contribution in [3.63, 3.8) is 0 Å². The molecule has 0 fully saturated rings. The Kier molecular flexibility index (Phi) is 4.30. The largest absolute Gasteiger partial charge is 0.455 e. The maximum absolute atomic E-state index is 10.2. The molecule has 0 aliphatic rings. The van der Waals surface area contributed by atoms with E-state index in [9.17, 15) is 4.79 Å². The van der Waals surface area contributed by atoms with Crippen molar-refractivity contribution in [2.75, 3.05) is 13.2 Å². The number of esters is 1. The third-order valence-electron chi connectivity index (χ3n) is 0.499. The summed E-state index contributed by atoms with van der Waals surface area (Å²) < 4.78 is 4.23. The summed E-state index contributed by atoms with van der Waals surface area (Å²) in [4.78, 5) is 12.6. The highest BCUT2D eigenvalue weighted by molar-refractivity contribution is 6.20. The summed E-state index contributed by atoms with van der Waals surface area (Å²) in [6, 6.07) is 0. The van der Waals surface area contributed by atoms with E-state index >= 15 is 0 Å². The molecular weight excluding hydrogens is 124 g/mol. The first-order valence-electron chi connectivity index (χ1n) is 2.26. The lowest BCUT2D eigenvalue weighted by atomic mass is 10.7.